The van der Waals surface area contributed by atoms with Gasteiger partial charge in [-0.15, -0.1) is 0 Å². The lowest BCUT2D eigenvalue weighted by atomic mass is 10.1. The molecule has 22 heavy (non-hydrogen) atoms. The van der Waals surface area contributed by atoms with Crippen LogP contribution in [0.4, 0.5) is 8.78 Å². The van der Waals surface area contributed by atoms with Gasteiger partial charge < -0.3 is 15.3 Å². The molecule has 118 valence electrons. The van der Waals surface area contributed by atoms with Crippen molar-refractivity contribution in [2.45, 2.75) is 13.5 Å². The van der Waals surface area contributed by atoms with Gasteiger partial charge in [0.15, 0.2) is 11.6 Å². The first-order chi connectivity index (χ1) is 10.5. The van der Waals surface area contributed by atoms with Crippen LogP contribution in [-0.4, -0.2) is 29.4 Å². The van der Waals surface area contributed by atoms with Crippen molar-refractivity contribution in [3.05, 3.63) is 45.2 Å². The minimum atomic E-state index is -1.28. The molecule has 0 aliphatic heterocycles. The fraction of sp³-hybridized carbons (Fsp3) is 0.286. The minimum absolute atomic E-state index is 0.0399. The first kappa shape index (κ1) is 15.9. The molecule has 1 aromatic carbocycles. The number of rotatable bonds is 4. The van der Waals surface area contributed by atoms with Gasteiger partial charge >= 0.3 is 5.97 Å². The molecule has 6 nitrogen and oxygen atoms in total. The normalized spacial score (nSPS) is 10.8. The highest BCUT2D eigenvalue weighted by Crippen LogP contribution is 2.22. The summed E-state index contributed by atoms with van der Waals surface area (Å²) < 4.78 is 33.3. The molecule has 2 rings (SSSR count). The number of pyridine rings is 1. The maximum Gasteiger partial charge on any atom is 0.343 e. The van der Waals surface area contributed by atoms with E-state index in [1.165, 1.54) is 7.05 Å². The molecule has 2 aromatic rings. The molecule has 1 aromatic heterocycles. The van der Waals surface area contributed by atoms with Gasteiger partial charge in [-0.25, -0.2) is 13.6 Å². The summed E-state index contributed by atoms with van der Waals surface area (Å²) in [5, 5.41) is 9.04. The molecule has 0 amide bonds. The molecule has 0 spiro atoms. The Morgan fingerprint density at radius 2 is 2.14 bits per heavy atom. The van der Waals surface area contributed by atoms with Crippen molar-refractivity contribution in [2.75, 3.05) is 19.1 Å². The highest BCUT2D eigenvalue weighted by Gasteiger charge is 2.22. The number of nitrogens with zero attached hydrogens (tertiary/aromatic N) is 1. The van der Waals surface area contributed by atoms with Gasteiger partial charge in [-0.2, -0.15) is 0 Å². The van der Waals surface area contributed by atoms with E-state index in [0.29, 0.717) is 6.07 Å². The van der Waals surface area contributed by atoms with Gasteiger partial charge in [0.1, 0.15) is 5.56 Å². The maximum atomic E-state index is 13.8. The number of ether oxygens (including phenoxy) is 1. The van der Waals surface area contributed by atoms with E-state index >= 15 is 0 Å². The number of aliphatic hydroxyl groups excluding tert-OH is 1. The number of esters is 1. The van der Waals surface area contributed by atoms with Crippen LogP contribution in [0.3, 0.4) is 0 Å². The third-order valence-corrected chi connectivity index (χ3v) is 3.17. The lowest BCUT2D eigenvalue weighted by molar-refractivity contribution is 0.0524. The van der Waals surface area contributed by atoms with Gasteiger partial charge in [-0.05, 0) is 13.0 Å². The van der Waals surface area contributed by atoms with Crippen molar-refractivity contribution in [3.63, 3.8) is 0 Å². The van der Waals surface area contributed by atoms with E-state index in [2.05, 4.69) is 5.43 Å². The Labute approximate surface area is 123 Å². The van der Waals surface area contributed by atoms with Crippen LogP contribution < -0.4 is 10.9 Å². The zero-order valence-corrected chi connectivity index (χ0v) is 11.9. The number of aromatic nitrogens is 1. The van der Waals surface area contributed by atoms with E-state index in [1.54, 1.807) is 6.92 Å². The summed E-state index contributed by atoms with van der Waals surface area (Å²) in [6.45, 7) is 0.837. The Bertz CT molecular complexity index is 802. The number of aliphatic hydroxyl groups is 1. The average Bonchev–Trinajstić information content (AvgIpc) is 2.50. The van der Waals surface area contributed by atoms with E-state index in [1.807, 2.05) is 0 Å². The Morgan fingerprint density at radius 3 is 2.68 bits per heavy atom. The summed E-state index contributed by atoms with van der Waals surface area (Å²) in [4.78, 5) is 24.1. The van der Waals surface area contributed by atoms with E-state index in [9.17, 15) is 23.5 Å². The maximum absolute atomic E-state index is 13.8. The second-order valence-electron chi connectivity index (χ2n) is 4.39. The Balaban J connectivity index is 2.93. The van der Waals surface area contributed by atoms with Crippen molar-refractivity contribution in [3.8, 4) is 0 Å². The van der Waals surface area contributed by atoms with Crippen LogP contribution in [0.2, 0.25) is 0 Å². The molecule has 0 unspecified atom stereocenters. The molecule has 0 atom stereocenters. The second-order valence-corrected chi connectivity index (χ2v) is 4.39. The smallest absolute Gasteiger partial charge is 0.343 e. The number of carbonyl (C=O) groups excluding carboxylic acids is 1. The van der Waals surface area contributed by atoms with Crippen molar-refractivity contribution in [1.29, 1.82) is 0 Å². The van der Waals surface area contributed by atoms with E-state index in [0.717, 1.165) is 10.9 Å². The fourth-order valence-electron chi connectivity index (χ4n) is 2.19. The number of benzene rings is 1. The van der Waals surface area contributed by atoms with Crippen LogP contribution in [-0.2, 0) is 11.3 Å². The summed E-state index contributed by atoms with van der Waals surface area (Å²) in [6, 6.07) is 0.697. The van der Waals surface area contributed by atoms with Gasteiger partial charge in [0, 0.05) is 18.8 Å². The van der Waals surface area contributed by atoms with Gasteiger partial charge in [-0.3, -0.25) is 9.47 Å². The van der Waals surface area contributed by atoms with E-state index in [4.69, 9.17) is 4.74 Å². The predicted octanol–water partition coefficient (Wildman–Crippen LogP) is 1.12. The van der Waals surface area contributed by atoms with Crippen molar-refractivity contribution in [1.82, 2.24) is 4.68 Å². The number of hydrogen-bond acceptors (Lipinski definition) is 5. The summed E-state index contributed by atoms with van der Waals surface area (Å²) in [5.41, 5.74) is 1.09. The second kappa shape index (κ2) is 6.10. The molecular formula is C14H14F2N2O4. The summed E-state index contributed by atoms with van der Waals surface area (Å²) in [6.07, 6.45) is 1.12. The summed E-state index contributed by atoms with van der Waals surface area (Å²) >= 11 is 0. The van der Waals surface area contributed by atoms with Crippen LogP contribution in [0.15, 0.2) is 17.1 Å². The molecule has 1 heterocycles. The van der Waals surface area contributed by atoms with Crippen molar-refractivity contribution >= 4 is 16.9 Å². The van der Waals surface area contributed by atoms with Crippen LogP contribution in [0.25, 0.3) is 10.9 Å². The Morgan fingerprint density at radius 1 is 1.45 bits per heavy atom. The van der Waals surface area contributed by atoms with Crippen molar-refractivity contribution < 1.29 is 23.4 Å². The van der Waals surface area contributed by atoms with Crippen LogP contribution in [0.5, 0.6) is 0 Å². The van der Waals surface area contributed by atoms with E-state index < -0.39 is 29.6 Å². The highest BCUT2D eigenvalue weighted by atomic mass is 19.2. The Kier molecular flexibility index (Phi) is 4.41. The number of carbonyl (C=O) groups is 1. The molecule has 0 saturated heterocycles. The molecule has 0 aliphatic carbocycles. The lowest BCUT2D eigenvalue weighted by Crippen LogP contribution is -2.24. The molecular weight excluding hydrogens is 298 g/mol. The number of fused-ring (bicyclic) bond motifs is 1. The molecule has 0 bridgehead atoms. The minimum Gasteiger partial charge on any atom is -0.462 e. The van der Waals surface area contributed by atoms with E-state index in [-0.39, 0.29) is 28.6 Å². The number of nitrogens with one attached hydrogen (secondary N) is 1. The number of halogens is 2. The van der Waals surface area contributed by atoms with Gasteiger partial charge in [0.05, 0.1) is 24.1 Å². The average molecular weight is 312 g/mol. The Hall–Kier alpha value is -2.48. The topological polar surface area (TPSA) is 80.6 Å². The monoisotopic (exact) mass is 312 g/mol. The molecule has 0 fully saturated rings. The third-order valence-electron chi connectivity index (χ3n) is 3.17. The standard InChI is InChI=1S/C14H14F2N2O4/c1-3-22-14(21)8-5-18(17-2)12-7(13(8)20)4-10(15)11(16)9(12)6-19/h4-5,17,19H,3,6H2,1-2H3. The van der Waals surface area contributed by atoms with Gasteiger partial charge in [0.2, 0.25) is 5.43 Å². The summed E-state index contributed by atoms with van der Waals surface area (Å²) in [7, 11) is 1.46. The first-order valence-corrected chi connectivity index (χ1v) is 6.48. The molecule has 2 N–H and O–H groups in total. The van der Waals surface area contributed by atoms with Gasteiger partial charge in [-0.1, -0.05) is 0 Å². The predicted molar refractivity (Wildman–Crippen MR) is 75.3 cm³/mol. The molecule has 0 aliphatic rings. The molecule has 8 heteroatoms. The van der Waals surface area contributed by atoms with Crippen LogP contribution in [0, 0.1) is 11.6 Å². The van der Waals surface area contributed by atoms with Crippen molar-refractivity contribution in [2.24, 2.45) is 0 Å². The quantitative estimate of drug-likeness (QED) is 0.827. The zero-order valence-electron chi connectivity index (χ0n) is 11.9. The largest absolute Gasteiger partial charge is 0.462 e. The molecule has 0 radical (unpaired) electrons. The zero-order chi connectivity index (χ0) is 16.4. The van der Waals surface area contributed by atoms with Crippen LogP contribution >= 0.6 is 0 Å². The van der Waals surface area contributed by atoms with Crippen LogP contribution in [0.1, 0.15) is 22.8 Å². The molecule has 0 saturated carbocycles. The lowest BCUT2D eigenvalue weighted by Gasteiger charge is -2.15. The highest BCUT2D eigenvalue weighted by molar-refractivity contribution is 5.94. The number of hydrogen-bond donors (Lipinski definition) is 2. The summed E-state index contributed by atoms with van der Waals surface area (Å²) in [5.74, 6) is -3.40. The fourth-order valence-corrected chi connectivity index (χ4v) is 2.19. The first-order valence-electron chi connectivity index (χ1n) is 6.48. The third kappa shape index (κ3) is 2.41. The SMILES string of the molecule is CCOC(=O)c1cn(NC)c2c(CO)c(F)c(F)cc2c1=O. The van der Waals surface area contributed by atoms with Gasteiger partial charge in [0.25, 0.3) is 0 Å².